The lowest BCUT2D eigenvalue weighted by Gasteiger charge is -2.56. The average Bonchev–Trinajstić information content (AvgIpc) is 3.53. The summed E-state index contributed by atoms with van der Waals surface area (Å²) in [6.07, 6.45) is 5.39. The van der Waals surface area contributed by atoms with E-state index in [-0.39, 0.29) is 5.91 Å². The van der Waals surface area contributed by atoms with E-state index < -0.39 is 0 Å². The topological polar surface area (TPSA) is 61.4 Å². The molecule has 1 aliphatic carbocycles. The number of hydrogen-bond donors (Lipinski definition) is 1. The van der Waals surface area contributed by atoms with Crippen molar-refractivity contribution in [2.24, 2.45) is 0 Å². The number of piperazine rings is 1. The molecule has 3 saturated heterocycles. The third-order valence-electron chi connectivity index (χ3n) is 6.00. The van der Waals surface area contributed by atoms with Crippen molar-refractivity contribution in [2.45, 2.75) is 44.2 Å². The van der Waals surface area contributed by atoms with Gasteiger partial charge in [-0.3, -0.25) is 9.69 Å². The van der Waals surface area contributed by atoms with E-state index in [1.165, 1.54) is 30.5 Å². The van der Waals surface area contributed by atoms with Crippen LogP contribution in [-0.4, -0.2) is 52.5 Å². The van der Waals surface area contributed by atoms with Gasteiger partial charge in [-0.2, -0.15) is 0 Å². The van der Waals surface area contributed by atoms with Crippen molar-refractivity contribution in [3.8, 4) is 0 Å². The fourth-order valence-electron chi connectivity index (χ4n) is 4.27. The Labute approximate surface area is 159 Å². The molecule has 4 heterocycles. The summed E-state index contributed by atoms with van der Waals surface area (Å²) in [5.74, 6) is 1.76. The molecule has 1 saturated carbocycles. The summed E-state index contributed by atoms with van der Waals surface area (Å²) < 4.78 is 0. The second-order valence-electron chi connectivity index (χ2n) is 8.11. The first-order valence-electron chi connectivity index (χ1n) is 9.85. The number of aromatic nitrogens is 2. The Kier molecular flexibility index (Phi) is 4.08. The van der Waals surface area contributed by atoms with Crippen molar-refractivity contribution in [2.75, 3.05) is 29.9 Å². The van der Waals surface area contributed by atoms with E-state index in [9.17, 15) is 4.79 Å². The molecule has 1 aromatic heterocycles. The van der Waals surface area contributed by atoms with Crippen molar-refractivity contribution < 1.29 is 4.79 Å². The van der Waals surface area contributed by atoms with Gasteiger partial charge in [0.15, 0.2) is 0 Å². The summed E-state index contributed by atoms with van der Waals surface area (Å²) in [5.41, 5.74) is 3.25. The zero-order chi connectivity index (χ0) is 18.4. The van der Waals surface area contributed by atoms with Gasteiger partial charge >= 0.3 is 0 Å². The first-order chi connectivity index (χ1) is 13.2. The number of rotatable bonds is 5. The van der Waals surface area contributed by atoms with Gasteiger partial charge in [-0.1, -0.05) is 17.7 Å². The number of piperidine rings is 1. The fraction of sp³-hybridized carbons (Fsp3) is 0.476. The highest BCUT2D eigenvalue weighted by Crippen LogP contribution is 2.40. The quantitative estimate of drug-likeness (QED) is 0.885. The van der Waals surface area contributed by atoms with Gasteiger partial charge in [-0.15, -0.1) is 0 Å². The summed E-state index contributed by atoms with van der Waals surface area (Å²) in [7, 11) is 0. The number of carbonyl (C=O) groups is 1. The van der Waals surface area contributed by atoms with Crippen LogP contribution in [0, 0.1) is 6.92 Å². The SMILES string of the molecule is Cc1ccc(NC(=O)CN2C3CC2CN(c2cc(C4CC4)ncn2)C3)cc1. The Morgan fingerprint density at radius 1 is 1.15 bits per heavy atom. The predicted octanol–water partition coefficient (Wildman–Crippen LogP) is 2.56. The van der Waals surface area contributed by atoms with Crippen molar-refractivity contribution in [1.29, 1.82) is 0 Å². The monoisotopic (exact) mass is 363 g/mol. The maximum absolute atomic E-state index is 12.4. The minimum Gasteiger partial charge on any atom is -0.353 e. The fourth-order valence-corrected chi connectivity index (χ4v) is 4.27. The Balaban J connectivity index is 1.18. The van der Waals surface area contributed by atoms with Crippen LogP contribution in [0.1, 0.15) is 36.4 Å². The van der Waals surface area contributed by atoms with E-state index in [4.69, 9.17) is 0 Å². The van der Waals surface area contributed by atoms with Crippen LogP contribution in [0.5, 0.6) is 0 Å². The van der Waals surface area contributed by atoms with Gasteiger partial charge in [0.05, 0.1) is 6.54 Å². The number of amides is 1. The number of aryl methyl sites for hydroxylation is 1. The van der Waals surface area contributed by atoms with Crippen LogP contribution in [0.3, 0.4) is 0 Å². The van der Waals surface area contributed by atoms with Gasteiger partial charge in [-0.05, 0) is 38.3 Å². The van der Waals surface area contributed by atoms with Crippen LogP contribution in [0.25, 0.3) is 0 Å². The number of benzene rings is 1. The van der Waals surface area contributed by atoms with E-state index in [2.05, 4.69) is 31.2 Å². The maximum Gasteiger partial charge on any atom is 0.238 e. The van der Waals surface area contributed by atoms with Gasteiger partial charge in [0.1, 0.15) is 12.1 Å². The highest BCUT2D eigenvalue weighted by molar-refractivity contribution is 5.92. The highest BCUT2D eigenvalue weighted by Gasteiger charge is 2.45. The number of carbonyl (C=O) groups excluding carboxylic acids is 1. The Morgan fingerprint density at radius 3 is 2.59 bits per heavy atom. The Hall–Kier alpha value is -2.47. The van der Waals surface area contributed by atoms with Crippen molar-refractivity contribution >= 4 is 17.4 Å². The molecule has 27 heavy (non-hydrogen) atoms. The summed E-state index contributed by atoms with van der Waals surface area (Å²) in [6.45, 7) is 4.39. The van der Waals surface area contributed by atoms with Gasteiger partial charge in [-0.25, -0.2) is 9.97 Å². The standard InChI is InChI=1S/C21H25N5O/c1-14-2-6-16(7-3-14)24-21(27)12-26-17-8-18(26)11-25(10-17)20-9-19(15-4-5-15)22-13-23-20/h2-3,6-7,9,13,15,17-18H,4-5,8,10-12H2,1H3,(H,24,27). The van der Waals surface area contributed by atoms with Crippen LogP contribution in [0.15, 0.2) is 36.7 Å². The van der Waals surface area contributed by atoms with E-state index in [1.807, 2.05) is 31.2 Å². The molecule has 2 atom stereocenters. The molecule has 3 aliphatic heterocycles. The van der Waals surface area contributed by atoms with E-state index in [0.717, 1.165) is 24.6 Å². The number of nitrogens with one attached hydrogen (secondary N) is 1. The zero-order valence-electron chi connectivity index (χ0n) is 15.6. The number of fused-ring (bicyclic) bond motifs is 2. The molecule has 6 nitrogen and oxygen atoms in total. The third kappa shape index (κ3) is 3.41. The van der Waals surface area contributed by atoms with Crippen LogP contribution in [0.4, 0.5) is 11.5 Å². The molecule has 0 radical (unpaired) electrons. The average molecular weight is 363 g/mol. The summed E-state index contributed by atoms with van der Waals surface area (Å²) >= 11 is 0. The molecule has 1 N–H and O–H groups in total. The second kappa shape index (κ2) is 6.60. The van der Waals surface area contributed by atoms with E-state index in [0.29, 0.717) is 24.5 Å². The zero-order valence-corrected chi connectivity index (χ0v) is 15.6. The maximum atomic E-state index is 12.4. The number of nitrogens with zero attached hydrogens (tertiary/aromatic N) is 4. The first-order valence-corrected chi connectivity index (χ1v) is 9.85. The van der Waals surface area contributed by atoms with Gasteiger partial charge in [0.2, 0.25) is 5.91 Å². The summed E-state index contributed by atoms with van der Waals surface area (Å²) in [4.78, 5) is 26.0. The van der Waals surface area contributed by atoms with Gasteiger partial charge < -0.3 is 10.2 Å². The Bertz CT molecular complexity index is 836. The first kappa shape index (κ1) is 16.7. The molecule has 1 amide bonds. The molecule has 2 aromatic rings. The summed E-state index contributed by atoms with van der Waals surface area (Å²) in [6, 6.07) is 11.0. The number of hydrogen-bond acceptors (Lipinski definition) is 5. The molecule has 1 aromatic carbocycles. The molecule has 140 valence electrons. The van der Waals surface area contributed by atoms with Crippen LogP contribution in [0.2, 0.25) is 0 Å². The third-order valence-corrected chi connectivity index (χ3v) is 6.00. The Morgan fingerprint density at radius 2 is 1.89 bits per heavy atom. The van der Waals surface area contributed by atoms with Crippen LogP contribution < -0.4 is 10.2 Å². The molecular formula is C21H25N5O. The van der Waals surface area contributed by atoms with Gasteiger partial charge in [0.25, 0.3) is 0 Å². The predicted molar refractivity (Wildman–Crippen MR) is 105 cm³/mol. The molecule has 6 heteroatoms. The molecule has 2 unspecified atom stereocenters. The molecule has 4 fully saturated rings. The lowest BCUT2D eigenvalue weighted by molar-refractivity contribution is -0.121. The lowest BCUT2D eigenvalue weighted by atomic mass is 9.87. The van der Waals surface area contributed by atoms with Crippen molar-refractivity contribution in [1.82, 2.24) is 14.9 Å². The molecule has 6 rings (SSSR count). The lowest BCUT2D eigenvalue weighted by Crippen LogP contribution is -2.69. The molecule has 0 spiro atoms. The molecule has 2 bridgehead atoms. The van der Waals surface area contributed by atoms with Crippen molar-refractivity contribution in [3.05, 3.63) is 47.9 Å². The largest absolute Gasteiger partial charge is 0.353 e. The normalized spacial score (nSPS) is 24.4. The van der Waals surface area contributed by atoms with Crippen LogP contribution >= 0.6 is 0 Å². The smallest absolute Gasteiger partial charge is 0.238 e. The second-order valence-corrected chi connectivity index (χ2v) is 8.11. The number of anilines is 2. The molecular weight excluding hydrogens is 338 g/mol. The van der Waals surface area contributed by atoms with E-state index >= 15 is 0 Å². The summed E-state index contributed by atoms with van der Waals surface area (Å²) in [5, 5.41) is 3.01. The molecule has 4 aliphatic rings. The van der Waals surface area contributed by atoms with E-state index in [1.54, 1.807) is 6.33 Å². The van der Waals surface area contributed by atoms with Crippen LogP contribution in [-0.2, 0) is 4.79 Å². The minimum absolute atomic E-state index is 0.0695. The highest BCUT2D eigenvalue weighted by atomic mass is 16.2. The minimum atomic E-state index is 0.0695. The van der Waals surface area contributed by atoms with Gasteiger partial charge in [0, 0.05) is 48.5 Å². The van der Waals surface area contributed by atoms with Crippen molar-refractivity contribution in [3.63, 3.8) is 0 Å².